The maximum atomic E-state index is 13.8. The Bertz CT molecular complexity index is 1290. The Morgan fingerprint density at radius 1 is 1.12 bits per heavy atom. The fraction of sp³-hybridized carbons (Fsp3) is 0.320. The van der Waals surface area contributed by atoms with E-state index < -0.39 is 0 Å². The molecule has 0 aliphatic carbocycles. The molecule has 1 aliphatic rings. The molecular weight excluding hydrogens is 416 g/mol. The molecule has 2 aromatic carbocycles. The second kappa shape index (κ2) is 8.61. The molecule has 2 aromatic heterocycles. The first-order valence-corrected chi connectivity index (χ1v) is 11.3. The van der Waals surface area contributed by atoms with Crippen molar-refractivity contribution in [1.29, 1.82) is 0 Å². The highest BCUT2D eigenvalue weighted by Crippen LogP contribution is 2.34. The third kappa shape index (κ3) is 3.82. The average Bonchev–Trinajstić information content (AvgIpc) is 3.61. The Hall–Kier alpha value is -3.81. The molecule has 0 N–H and O–H groups in total. The van der Waals surface area contributed by atoms with E-state index in [0.717, 1.165) is 41.5 Å². The number of carbonyl (C=O) groups is 1. The summed E-state index contributed by atoms with van der Waals surface area (Å²) in [6.45, 7) is 6.76. The first-order chi connectivity index (χ1) is 16.1. The number of likely N-dealkylation sites (tertiary alicyclic amines) is 1. The molecule has 8 nitrogen and oxygen atoms in total. The molecule has 1 fully saturated rings. The van der Waals surface area contributed by atoms with E-state index in [9.17, 15) is 4.79 Å². The van der Waals surface area contributed by atoms with Crippen LogP contribution < -0.4 is 0 Å². The Labute approximate surface area is 192 Å². The van der Waals surface area contributed by atoms with Gasteiger partial charge in [-0.3, -0.25) is 4.79 Å². The standard InChI is InChI=1S/C25H26N6O2/c1-4-18-8-5-6-9-19(18)24-28-23(29-33-24)21-10-7-13-30(21)25(32)20-14-16(2)17(3)15-22(20)31-26-11-12-27-31/h5-6,8-9,11-12,14-15,21H,4,7,10,13H2,1-3H3. The van der Waals surface area contributed by atoms with Crippen molar-refractivity contribution in [3.63, 3.8) is 0 Å². The van der Waals surface area contributed by atoms with Gasteiger partial charge in [-0.1, -0.05) is 30.3 Å². The van der Waals surface area contributed by atoms with Crippen LogP contribution in [-0.2, 0) is 6.42 Å². The number of rotatable bonds is 5. The second-order valence-electron chi connectivity index (χ2n) is 8.40. The zero-order valence-corrected chi connectivity index (χ0v) is 19.0. The fourth-order valence-electron chi connectivity index (χ4n) is 4.43. The third-order valence-electron chi connectivity index (χ3n) is 6.36. The van der Waals surface area contributed by atoms with Crippen LogP contribution in [0.2, 0.25) is 0 Å². The number of carbonyl (C=O) groups excluding carboxylic acids is 1. The number of benzene rings is 2. The van der Waals surface area contributed by atoms with E-state index in [4.69, 9.17) is 9.51 Å². The number of aryl methyl sites for hydroxylation is 3. The van der Waals surface area contributed by atoms with Crippen LogP contribution in [0.3, 0.4) is 0 Å². The van der Waals surface area contributed by atoms with Gasteiger partial charge in [-0.15, -0.1) is 0 Å². The van der Waals surface area contributed by atoms with Gasteiger partial charge in [0.25, 0.3) is 11.8 Å². The zero-order valence-electron chi connectivity index (χ0n) is 19.0. The molecule has 1 atom stereocenters. The summed E-state index contributed by atoms with van der Waals surface area (Å²) in [6, 6.07) is 11.7. The van der Waals surface area contributed by atoms with E-state index in [1.54, 1.807) is 12.4 Å². The van der Waals surface area contributed by atoms with Crippen molar-refractivity contribution in [1.82, 2.24) is 30.0 Å². The van der Waals surface area contributed by atoms with Gasteiger partial charge in [0, 0.05) is 12.1 Å². The van der Waals surface area contributed by atoms with Crippen LogP contribution in [0, 0.1) is 13.8 Å². The SMILES string of the molecule is CCc1ccccc1-c1nc(C2CCCN2C(=O)c2cc(C)c(C)cc2-n2nccn2)no1. The van der Waals surface area contributed by atoms with Crippen LogP contribution in [0.25, 0.3) is 17.1 Å². The highest BCUT2D eigenvalue weighted by molar-refractivity contribution is 5.98. The van der Waals surface area contributed by atoms with Gasteiger partial charge in [-0.2, -0.15) is 20.0 Å². The van der Waals surface area contributed by atoms with Crippen LogP contribution in [0.4, 0.5) is 0 Å². The van der Waals surface area contributed by atoms with Gasteiger partial charge in [0.05, 0.1) is 29.7 Å². The van der Waals surface area contributed by atoms with E-state index >= 15 is 0 Å². The van der Waals surface area contributed by atoms with Crippen molar-refractivity contribution in [3.8, 4) is 17.1 Å². The molecular formula is C25H26N6O2. The predicted octanol–water partition coefficient (Wildman–Crippen LogP) is 4.47. The van der Waals surface area contributed by atoms with Crippen molar-refractivity contribution in [3.05, 3.63) is 76.9 Å². The largest absolute Gasteiger partial charge is 0.334 e. The summed E-state index contributed by atoms with van der Waals surface area (Å²) < 4.78 is 5.63. The van der Waals surface area contributed by atoms with Gasteiger partial charge in [0.1, 0.15) is 0 Å². The van der Waals surface area contributed by atoms with E-state index in [2.05, 4.69) is 28.3 Å². The van der Waals surface area contributed by atoms with E-state index in [1.165, 1.54) is 4.80 Å². The van der Waals surface area contributed by atoms with Gasteiger partial charge >= 0.3 is 0 Å². The summed E-state index contributed by atoms with van der Waals surface area (Å²) in [5, 5.41) is 12.8. The first kappa shape index (κ1) is 21.1. The van der Waals surface area contributed by atoms with Crippen LogP contribution in [0.5, 0.6) is 0 Å². The van der Waals surface area contributed by atoms with Crippen molar-refractivity contribution in [2.75, 3.05) is 6.54 Å². The number of nitrogens with zero attached hydrogens (tertiary/aromatic N) is 6. The molecule has 1 amide bonds. The summed E-state index contributed by atoms with van der Waals surface area (Å²) >= 11 is 0. The summed E-state index contributed by atoms with van der Waals surface area (Å²) in [6.07, 6.45) is 5.76. The summed E-state index contributed by atoms with van der Waals surface area (Å²) in [4.78, 5) is 21.8. The molecule has 33 heavy (non-hydrogen) atoms. The average molecular weight is 443 g/mol. The smallest absolute Gasteiger partial charge is 0.258 e. The molecule has 4 aromatic rings. The highest BCUT2D eigenvalue weighted by atomic mass is 16.5. The lowest BCUT2D eigenvalue weighted by Crippen LogP contribution is -2.32. The van der Waals surface area contributed by atoms with Crippen molar-refractivity contribution in [2.24, 2.45) is 0 Å². The first-order valence-electron chi connectivity index (χ1n) is 11.3. The van der Waals surface area contributed by atoms with E-state index in [-0.39, 0.29) is 11.9 Å². The Kier molecular flexibility index (Phi) is 5.50. The number of hydrogen-bond acceptors (Lipinski definition) is 6. The predicted molar refractivity (Wildman–Crippen MR) is 123 cm³/mol. The monoisotopic (exact) mass is 442 g/mol. The van der Waals surface area contributed by atoms with Crippen LogP contribution in [0.1, 0.15) is 58.7 Å². The van der Waals surface area contributed by atoms with Crippen LogP contribution in [0.15, 0.2) is 53.3 Å². The van der Waals surface area contributed by atoms with Crippen LogP contribution >= 0.6 is 0 Å². The third-order valence-corrected chi connectivity index (χ3v) is 6.36. The molecule has 0 saturated carbocycles. The second-order valence-corrected chi connectivity index (χ2v) is 8.40. The minimum atomic E-state index is -0.233. The lowest BCUT2D eigenvalue weighted by Gasteiger charge is -2.24. The van der Waals surface area contributed by atoms with Gasteiger partial charge in [-0.25, -0.2) is 0 Å². The van der Waals surface area contributed by atoms with Gasteiger partial charge in [-0.05, 0) is 68.0 Å². The fourth-order valence-corrected chi connectivity index (χ4v) is 4.43. The normalized spacial score (nSPS) is 15.8. The summed E-state index contributed by atoms with van der Waals surface area (Å²) in [5.74, 6) is 0.965. The molecule has 0 spiro atoms. The van der Waals surface area contributed by atoms with E-state index in [1.807, 2.05) is 49.1 Å². The lowest BCUT2D eigenvalue weighted by atomic mass is 10.0. The minimum absolute atomic E-state index is 0.0757. The van der Waals surface area contributed by atoms with E-state index in [0.29, 0.717) is 29.5 Å². The van der Waals surface area contributed by atoms with Crippen LogP contribution in [-0.4, -0.2) is 42.5 Å². The molecule has 1 saturated heterocycles. The molecule has 1 aliphatic heterocycles. The lowest BCUT2D eigenvalue weighted by molar-refractivity contribution is 0.0728. The molecule has 1 unspecified atom stereocenters. The molecule has 3 heterocycles. The maximum Gasteiger partial charge on any atom is 0.258 e. The molecule has 168 valence electrons. The molecule has 5 rings (SSSR count). The highest BCUT2D eigenvalue weighted by Gasteiger charge is 2.35. The van der Waals surface area contributed by atoms with Gasteiger partial charge in [0.2, 0.25) is 0 Å². The Morgan fingerprint density at radius 2 is 1.88 bits per heavy atom. The molecule has 0 radical (unpaired) electrons. The number of aromatic nitrogens is 5. The van der Waals surface area contributed by atoms with Crippen molar-refractivity contribution in [2.45, 2.75) is 46.1 Å². The summed E-state index contributed by atoms with van der Waals surface area (Å²) in [5.41, 5.74) is 5.46. The topological polar surface area (TPSA) is 89.9 Å². The maximum absolute atomic E-state index is 13.8. The quantitative estimate of drug-likeness (QED) is 0.453. The zero-order chi connectivity index (χ0) is 22.9. The molecule has 8 heteroatoms. The number of hydrogen-bond donors (Lipinski definition) is 0. The van der Waals surface area contributed by atoms with Gasteiger partial charge in [0.15, 0.2) is 5.82 Å². The Balaban J connectivity index is 1.49. The van der Waals surface area contributed by atoms with Crippen molar-refractivity contribution >= 4 is 5.91 Å². The molecule has 0 bridgehead atoms. The van der Waals surface area contributed by atoms with Crippen molar-refractivity contribution < 1.29 is 9.32 Å². The minimum Gasteiger partial charge on any atom is -0.334 e. The van der Waals surface area contributed by atoms with Gasteiger partial charge < -0.3 is 9.42 Å². The Morgan fingerprint density at radius 3 is 2.67 bits per heavy atom. The number of amides is 1. The summed E-state index contributed by atoms with van der Waals surface area (Å²) in [7, 11) is 0.